The Labute approximate surface area is 384 Å². The summed E-state index contributed by atoms with van der Waals surface area (Å²) >= 11 is 6.97. The molecule has 0 unspecified atom stereocenters. The summed E-state index contributed by atoms with van der Waals surface area (Å²) in [6.07, 6.45) is 9.48. The molecule has 7 aromatic rings. The predicted octanol–water partition coefficient (Wildman–Crippen LogP) is 16.1. The Morgan fingerprint density at radius 1 is 0.590 bits per heavy atom. The number of nitrogens with one attached hydrogen (secondary N) is 1. The Morgan fingerprint density at radius 3 is 1.48 bits per heavy atom. The van der Waals surface area contributed by atoms with Crippen LogP contribution in [0.3, 0.4) is 0 Å². The van der Waals surface area contributed by atoms with E-state index < -0.39 is 0 Å². The summed E-state index contributed by atoms with van der Waals surface area (Å²) in [4.78, 5) is 19.3. The summed E-state index contributed by atoms with van der Waals surface area (Å²) in [5.74, 6) is 5.78. The zero-order valence-corrected chi connectivity index (χ0v) is 42.7. The summed E-state index contributed by atoms with van der Waals surface area (Å²) in [5.41, 5.74) is 6.27. The van der Waals surface area contributed by atoms with Crippen molar-refractivity contribution in [1.29, 1.82) is 0 Å². The summed E-state index contributed by atoms with van der Waals surface area (Å²) in [7, 11) is 0. The summed E-state index contributed by atoms with van der Waals surface area (Å²) in [6.45, 7) is 37.9. The molecule has 0 spiro atoms. The average molecular weight is 913 g/mol. The van der Waals surface area contributed by atoms with Crippen LogP contribution in [-0.2, 0) is 0 Å². The lowest BCUT2D eigenvalue weighted by atomic mass is 10.1. The van der Waals surface area contributed by atoms with Crippen molar-refractivity contribution in [3.8, 4) is 0 Å². The van der Waals surface area contributed by atoms with E-state index in [-0.39, 0.29) is 7.43 Å². The van der Waals surface area contributed by atoms with Crippen molar-refractivity contribution in [3.05, 3.63) is 118 Å². The monoisotopic (exact) mass is 912 g/mol. The maximum absolute atomic E-state index is 4.98. The normalized spacial score (nSPS) is 10.4. The fourth-order valence-corrected chi connectivity index (χ4v) is 7.08. The molecular formula is C47H76N8O2S4. The molecule has 61 heavy (non-hydrogen) atoms. The summed E-state index contributed by atoms with van der Waals surface area (Å²) in [5, 5.41) is 22.0. The standard InChI is InChI=1S/2C7H11NO.2C7H11NS.C6H10N2.2C6H9NS.CH4/c1-5(2)7-4-6(3)9-8-7;1-5(2)7-4-6(3)8-9-7;1-5(2)7-8-6(3)4-9-7;1-5(2)7-8-4-6(3)9-7;1-5(2)6-3-7-8-4-6;1-5(2)6-3-7-4-8-6;1-5(2)6-7-3-4-8-6;/h4*4-5H,1-3H3;3-5H,1-2H3,(H,7,8);2*3-5H,1-2H3;1H4. The molecule has 10 nitrogen and oxygen atoms in total. The first-order valence-corrected chi connectivity index (χ1v) is 24.1. The molecule has 0 saturated heterocycles. The first-order valence-electron chi connectivity index (χ1n) is 20.7. The van der Waals surface area contributed by atoms with Crippen LogP contribution in [0.5, 0.6) is 0 Å². The number of aromatic amines is 1. The van der Waals surface area contributed by atoms with Crippen molar-refractivity contribution >= 4 is 45.3 Å². The number of rotatable bonds is 7. The molecule has 14 heteroatoms. The van der Waals surface area contributed by atoms with Crippen LogP contribution in [0.15, 0.2) is 68.4 Å². The van der Waals surface area contributed by atoms with Gasteiger partial charge in [-0.05, 0) is 51.0 Å². The van der Waals surface area contributed by atoms with Crippen LogP contribution < -0.4 is 0 Å². The fraction of sp³-hybridized carbons (Fsp3) is 0.553. The average Bonchev–Trinajstić information content (AvgIpc) is 4.03. The van der Waals surface area contributed by atoms with Gasteiger partial charge >= 0.3 is 0 Å². The van der Waals surface area contributed by atoms with Crippen LogP contribution in [0.2, 0.25) is 0 Å². The lowest BCUT2D eigenvalue weighted by Gasteiger charge is -1.94. The largest absolute Gasteiger partial charge is 0.361 e. The fourth-order valence-electron chi connectivity index (χ4n) is 4.20. The first kappa shape index (κ1) is 57.1. The molecule has 0 fully saturated rings. The lowest BCUT2D eigenvalue weighted by Crippen LogP contribution is -1.84. The molecule has 7 rings (SSSR count). The second-order valence-corrected chi connectivity index (χ2v) is 20.3. The highest BCUT2D eigenvalue weighted by Gasteiger charge is 2.05. The highest BCUT2D eigenvalue weighted by molar-refractivity contribution is 7.11. The lowest BCUT2D eigenvalue weighted by molar-refractivity contribution is 0.368. The van der Waals surface area contributed by atoms with Gasteiger partial charge in [-0.15, -0.1) is 45.3 Å². The van der Waals surface area contributed by atoms with Gasteiger partial charge in [0, 0.05) is 86.8 Å². The van der Waals surface area contributed by atoms with Gasteiger partial charge < -0.3 is 9.05 Å². The van der Waals surface area contributed by atoms with Crippen LogP contribution in [-0.4, -0.2) is 40.4 Å². The number of hydrogen-bond acceptors (Lipinski definition) is 13. The van der Waals surface area contributed by atoms with E-state index in [1.165, 1.54) is 30.3 Å². The second kappa shape index (κ2) is 31.1. The van der Waals surface area contributed by atoms with Gasteiger partial charge in [0.15, 0.2) is 0 Å². The second-order valence-electron chi connectivity index (χ2n) is 16.3. The van der Waals surface area contributed by atoms with Gasteiger partial charge in [-0.2, -0.15) is 5.10 Å². The molecule has 0 amide bonds. The third kappa shape index (κ3) is 25.0. The minimum absolute atomic E-state index is 0. The van der Waals surface area contributed by atoms with Gasteiger partial charge in [-0.1, -0.05) is 115 Å². The van der Waals surface area contributed by atoms with Crippen LogP contribution in [0.25, 0.3) is 0 Å². The van der Waals surface area contributed by atoms with Gasteiger partial charge in [-0.3, -0.25) is 10.1 Å². The van der Waals surface area contributed by atoms with Crippen LogP contribution in [0.1, 0.15) is 205 Å². The van der Waals surface area contributed by atoms with Gasteiger partial charge in [-0.25, -0.2) is 15.0 Å². The minimum atomic E-state index is 0. The maximum Gasteiger partial charge on any atom is 0.139 e. The quantitative estimate of drug-likeness (QED) is 0.166. The van der Waals surface area contributed by atoms with Crippen molar-refractivity contribution in [1.82, 2.24) is 40.4 Å². The molecule has 0 atom stereocenters. The molecular weight excluding hydrogens is 837 g/mol. The van der Waals surface area contributed by atoms with Gasteiger partial charge in [0.2, 0.25) is 0 Å². The van der Waals surface area contributed by atoms with Crippen molar-refractivity contribution in [2.24, 2.45) is 0 Å². The topological polar surface area (TPSA) is 132 Å². The summed E-state index contributed by atoms with van der Waals surface area (Å²) in [6, 6.07) is 3.93. The van der Waals surface area contributed by atoms with E-state index >= 15 is 0 Å². The number of H-pyrrole nitrogens is 1. The number of aryl methyl sites for hydroxylation is 4. The van der Waals surface area contributed by atoms with Crippen LogP contribution >= 0.6 is 45.3 Å². The van der Waals surface area contributed by atoms with Crippen LogP contribution in [0.4, 0.5) is 0 Å². The van der Waals surface area contributed by atoms with Crippen molar-refractivity contribution < 1.29 is 9.05 Å². The van der Waals surface area contributed by atoms with E-state index in [4.69, 9.17) is 9.05 Å². The van der Waals surface area contributed by atoms with Crippen molar-refractivity contribution in [2.75, 3.05) is 0 Å². The Balaban J connectivity index is 0.000000687. The predicted molar refractivity (Wildman–Crippen MR) is 264 cm³/mol. The smallest absolute Gasteiger partial charge is 0.139 e. The van der Waals surface area contributed by atoms with Gasteiger partial charge in [0.1, 0.15) is 11.5 Å². The Kier molecular flexibility index (Phi) is 29.1. The van der Waals surface area contributed by atoms with E-state index in [9.17, 15) is 0 Å². The number of hydrogen-bond donors (Lipinski definition) is 1. The van der Waals surface area contributed by atoms with E-state index in [2.05, 4.69) is 150 Å². The van der Waals surface area contributed by atoms with Gasteiger partial charge in [0.25, 0.3) is 0 Å². The zero-order valence-electron chi connectivity index (χ0n) is 39.4. The maximum atomic E-state index is 4.98. The van der Waals surface area contributed by atoms with E-state index in [0.29, 0.717) is 41.4 Å². The molecule has 0 saturated carbocycles. The highest BCUT2D eigenvalue weighted by atomic mass is 32.1. The van der Waals surface area contributed by atoms with Crippen molar-refractivity contribution in [3.63, 3.8) is 0 Å². The highest BCUT2D eigenvalue weighted by Crippen LogP contribution is 2.21. The number of nitrogens with zero attached hydrogens (tertiary/aromatic N) is 7. The SMILES string of the molecule is C.CC(C)c1cn[nH]c1.CC(C)c1cncs1.CC(C)c1nccs1.Cc1cc(C(C)C)no1.Cc1cc(C(C)C)on1.Cc1cnc(C(C)C)s1.Cc1csc(C(C)C)n1. The zero-order chi connectivity index (χ0) is 45.4. The third-order valence-electron chi connectivity index (χ3n) is 7.87. The molecule has 0 aliphatic heterocycles. The molecule has 0 bridgehead atoms. The Morgan fingerprint density at radius 2 is 1.25 bits per heavy atom. The molecule has 340 valence electrons. The molecule has 1 N–H and O–H groups in total. The molecule has 7 aromatic heterocycles. The molecule has 0 aliphatic rings. The van der Waals surface area contributed by atoms with Crippen LogP contribution in [0, 0.1) is 27.7 Å². The third-order valence-corrected chi connectivity index (χ3v) is 12.5. The van der Waals surface area contributed by atoms with E-state index in [1.54, 1.807) is 45.3 Å². The Bertz CT molecular complexity index is 1750. The van der Waals surface area contributed by atoms with E-state index in [0.717, 1.165) is 28.6 Å². The Hall–Kier alpha value is -3.85. The molecule has 7 heterocycles. The van der Waals surface area contributed by atoms with E-state index in [1.807, 2.05) is 74.8 Å². The summed E-state index contributed by atoms with van der Waals surface area (Å²) < 4.78 is 9.85. The molecule has 0 aromatic carbocycles. The van der Waals surface area contributed by atoms with Gasteiger partial charge in [0.05, 0.1) is 38.1 Å². The number of thiazole rings is 4. The van der Waals surface area contributed by atoms with Crippen molar-refractivity contribution in [2.45, 2.75) is 173 Å². The molecule has 0 radical (unpaired) electrons. The first-order chi connectivity index (χ1) is 28.2. The molecule has 0 aliphatic carbocycles. The number of aromatic nitrogens is 8. The minimum Gasteiger partial charge on any atom is -0.361 e.